The predicted octanol–water partition coefficient (Wildman–Crippen LogP) is 3.44. The molecule has 1 aromatic carbocycles. The molecule has 1 aliphatic heterocycles. The molecule has 0 saturated carbocycles. The molecule has 0 amide bonds. The zero-order valence-electron chi connectivity index (χ0n) is 10.7. The lowest BCUT2D eigenvalue weighted by atomic mass is 9.80. The van der Waals surface area contributed by atoms with Gasteiger partial charge in [-0.1, -0.05) is 24.3 Å². The molecule has 2 aromatic rings. The molecular formula is C16H20N2. The van der Waals surface area contributed by atoms with Gasteiger partial charge in [0.15, 0.2) is 0 Å². The van der Waals surface area contributed by atoms with Crippen LogP contribution >= 0.6 is 0 Å². The van der Waals surface area contributed by atoms with E-state index in [9.17, 15) is 0 Å². The minimum atomic E-state index is 0.475. The monoisotopic (exact) mass is 240 g/mol. The molecular weight excluding hydrogens is 220 g/mol. The van der Waals surface area contributed by atoms with Crippen LogP contribution in [0.5, 0.6) is 0 Å². The maximum Gasteiger partial charge on any atom is 0.0457 e. The summed E-state index contributed by atoms with van der Waals surface area (Å²) < 4.78 is 0. The number of hydrogen-bond donors (Lipinski definition) is 2. The maximum absolute atomic E-state index is 4.06. The van der Waals surface area contributed by atoms with Crippen molar-refractivity contribution in [1.82, 2.24) is 10.3 Å². The van der Waals surface area contributed by atoms with Crippen molar-refractivity contribution in [3.63, 3.8) is 0 Å². The third kappa shape index (κ3) is 1.97. The standard InChI is InChI=1S/C16H20N2/c1-2-13(12-7-9-17-10-8-12)15-11-18-16-6-4-3-5-14(15)16/h2-6,11-13,17-18H,1,7-10H2. The average Bonchev–Trinajstić information content (AvgIpc) is 2.85. The first-order valence-corrected chi connectivity index (χ1v) is 6.79. The van der Waals surface area contributed by atoms with Gasteiger partial charge in [-0.05, 0) is 43.5 Å². The highest BCUT2D eigenvalue weighted by atomic mass is 14.9. The molecule has 0 radical (unpaired) electrons. The lowest BCUT2D eigenvalue weighted by Gasteiger charge is -2.28. The van der Waals surface area contributed by atoms with E-state index in [0.29, 0.717) is 5.92 Å². The summed E-state index contributed by atoms with van der Waals surface area (Å²) >= 11 is 0. The van der Waals surface area contributed by atoms with Gasteiger partial charge in [0.25, 0.3) is 0 Å². The van der Waals surface area contributed by atoms with E-state index in [-0.39, 0.29) is 0 Å². The van der Waals surface area contributed by atoms with Crippen LogP contribution in [0.1, 0.15) is 24.3 Å². The van der Waals surface area contributed by atoms with Crippen molar-refractivity contribution in [3.05, 3.63) is 48.7 Å². The molecule has 2 heteroatoms. The van der Waals surface area contributed by atoms with Crippen LogP contribution in [0.4, 0.5) is 0 Å². The molecule has 18 heavy (non-hydrogen) atoms. The van der Waals surface area contributed by atoms with E-state index < -0.39 is 0 Å². The summed E-state index contributed by atoms with van der Waals surface area (Å²) in [6.45, 7) is 6.34. The zero-order valence-corrected chi connectivity index (χ0v) is 10.7. The Labute approximate surface area is 108 Å². The molecule has 3 rings (SSSR count). The zero-order chi connectivity index (χ0) is 12.4. The lowest BCUT2D eigenvalue weighted by molar-refractivity contribution is 0.348. The maximum atomic E-state index is 4.06. The number of piperidine rings is 1. The van der Waals surface area contributed by atoms with Gasteiger partial charge in [0.1, 0.15) is 0 Å². The van der Waals surface area contributed by atoms with Gasteiger partial charge in [0.2, 0.25) is 0 Å². The molecule has 2 nitrogen and oxygen atoms in total. The summed E-state index contributed by atoms with van der Waals surface area (Å²) in [6, 6.07) is 8.54. The molecule has 1 fully saturated rings. The summed E-state index contributed by atoms with van der Waals surface area (Å²) in [5, 5.41) is 4.78. The van der Waals surface area contributed by atoms with Crippen molar-refractivity contribution in [2.45, 2.75) is 18.8 Å². The van der Waals surface area contributed by atoms with Crippen molar-refractivity contribution >= 4 is 10.9 Å². The van der Waals surface area contributed by atoms with Gasteiger partial charge in [0, 0.05) is 23.0 Å². The third-order valence-corrected chi connectivity index (χ3v) is 4.13. The van der Waals surface area contributed by atoms with Gasteiger partial charge in [0.05, 0.1) is 0 Å². The van der Waals surface area contributed by atoms with Crippen LogP contribution in [0.2, 0.25) is 0 Å². The molecule has 0 aliphatic carbocycles. The van der Waals surface area contributed by atoms with Crippen molar-refractivity contribution in [1.29, 1.82) is 0 Å². The fourth-order valence-electron chi connectivity index (χ4n) is 3.15. The third-order valence-electron chi connectivity index (χ3n) is 4.13. The topological polar surface area (TPSA) is 27.8 Å². The molecule has 1 saturated heterocycles. The summed E-state index contributed by atoms with van der Waals surface area (Å²) in [5.41, 5.74) is 2.64. The van der Waals surface area contributed by atoms with Gasteiger partial charge in [-0.15, -0.1) is 6.58 Å². The molecule has 0 spiro atoms. The molecule has 1 aliphatic rings. The predicted molar refractivity (Wildman–Crippen MR) is 76.8 cm³/mol. The second kappa shape index (κ2) is 4.99. The van der Waals surface area contributed by atoms with Gasteiger partial charge in [-0.3, -0.25) is 0 Å². The van der Waals surface area contributed by atoms with Gasteiger partial charge in [-0.25, -0.2) is 0 Å². The number of fused-ring (bicyclic) bond motifs is 1. The van der Waals surface area contributed by atoms with Crippen LogP contribution in [0, 0.1) is 5.92 Å². The Kier molecular flexibility index (Phi) is 3.20. The van der Waals surface area contributed by atoms with E-state index in [1.54, 1.807) is 0 Å². The highest BCUT2D eigenvalue weighted by Gasteiger charge is 2.24. The van der Waals surface area contributed by atoms with Gasteiger partial charge < -0.3 is 10.3 Å². The van der Waals surface area contributed by atoms with E-state index in [1.807, 2.05) is 0 Å². The first kappa shape index (κ1) is 11.5. The molecule has 2 heterocycles. The summed E-state index contributed by atoms with van der Waals surface area (Å²) in [7, 11) is 0. The Morgan fingerprint density at radius 3 is 2.78 bits per heavy atom. The normalized spacial score (nSPS) is 18.9. The van der Waals surface area contributed by atoms with Crippen LogP contribution in [0.25, 0.3) is 10.9 Å². The number of nitrogens with one attached hydrogen (secondary N) is 2. The first-order chi connectivity index (χ1) is 8.90. The summed E-state index contributed by atoms with van der Waals surface area (Å²) in [5.74, 6) is 1.20. The molecule has 1 aromatic heterocycles. The van der Waals surface area contributed by atoms with E-state index in [0.717, 1.165) is 19.0 Å². The lowest BCUT2D eigenvalue weighted by Crippen LogP contribution is -2.30. The van der Waals surface area contributed by atoms with E-state index >= 15 is 0 Å². The second-order valence-electron chi connectivity index (χ2n) is 5.14. The van der Waals surface area contributed by atoms with Crippen molar-refractivity contribution < 1.29 is 0 Å². The van der Waals surface area contributed by atoms with Crippen LogP contribution in [-0.4, -0.2) is 18.1 Å². The fraction of sp³-hybridized carbons (Fsp3) is 0.375. The number of aromatic nitrogens is 1. The molecule has 2 N–H and O–H groups in total. The Balaban J connectivity index is 1.97. The number of para-hydroxylation sites is 1. The minimum absolute atomic E-state index is 0.475. The second-order valence-corrected chi connectivity index (χ2v) is 5.14. The Morgan fingerprint density at radius 1 is 1.22 bits per heavy atom. The highest BCUT2D eigenvalue weighted by Crippen LogP contribution is 2.35. The molecule has 0 bridgehead atoms. The number of benzene rings is 1. The Hall–Kier alpha value is -1.54. The van der Waals surface area contributed by atoms with Crippen molar-refractivity contribution in [2.24, 2.45) is 5.92 Å². The van der Waals surface area contributed by atoms with E-state index in [4.69, 9.17) is 0 Å². The summed E-state index contributed by atoms with van der Waals surface area (Å²) in [4.78, 5) is 3.38. The SMILES string of the molecule is C=CC(c1c[nH]c2ccccc12)C1CCNCC1. The molecule has 1 unspecified atom stereocenters. The largest absolute Gasteiger partial charge is 0.361 e. The number of allylic oxidation sites excluding steroid dienone is 1. The fourth-order valence-corrected chi connectivity index (χ4v) is 3.15. The number of H-pyrrole nitrogens is 1. The van der Waals surface area contributed by atoms with E-state index in [2.05, 4.69) is 53.4 Å². The number of hydrogen-bond acceptors (Lipinski definition) is 1. The van der Waals surface area contributed by atoms with Gasteiger partial charge in [-0.2, -0.15) is 0 Å². The number of aromatic amines is 1. The number of rotatable bonds is 3. The average molecular weight is 240 g/mol. The van der Waals surface area contributed by atoms with Crippen molar-refractivity contribution in [2.75, 3.05) is 13.1 Å². The van der Waals surface area contributed by atoms with Crippen molar-refractivity contribution in [3.8, 4) is 0 Å². The minimum Gasteiger partial charge on any atom is -0.361 e. The highest BCUT2D eigenvalue weighted by molar-refractivity contribution is 5.83. The van der Waals surface area contributed by atoms with Crippen LogP contribution in [0.15, 0.2) is 43.1 Å². The van der Waals surface area contributed by atoms with Gasteiger partial charge >= 0.3 is 0 Å². The smallest absolute Gasteiger partial charge is 0.0457 e. The van der Waals surface area contributed by atoms with E-state index in [1.165, 1.54) is 29.3 Å². The van der Waals surface area contributed by atoms with Crippen LogP contribution in [-0.2, 0) is 0 Å². The molecule has 1 atom stereocenters. The quantitative estimate of drug-likeness (QED) is 0.790. The summed E-state index contributed by atoms with van der Waals surface area (Å²) in [6.07, 6.45) is 6.79. The Morgan fingerprint density at radius 2 is 2.00 bits per heavy atom. The first-order valence-electron chi connectivity index (χ1n) is 6.79. The van der Waals surface area contributed by atoms with Crippen LogP contribution < -0.4 is 5.32 Å². The Bertz CT molecular complexity index is 535. The van der Waals surface area contributed by atoms with Crippen LogP contribution in [0.3, 0.4) is 0 Å². The molecule has 94 valence electrons.